The van der Waals surface area contributed by atoms with Gasteiger partial charge in [0.1, 0.15) is 18.1 Å². The molecule has 2 aromatic carbocycles. The maximum absolute atomic E-state index is 7.32. The zero-order valence-electron chi connectivity index (χ0n) is 18.0. The van der Waals surface area contributed by atoms with E-state index in [0.29, 0.717) is 17.8 Å². The Morgan fingerprint density at radius 1 is 1.00 bits per heavy atom. The lowest BCUT2D eigenvalue weighted by Gasteiger charge is -2.32. The first kappa shape index (κ1) is 14.2. The Bertz CT molecular complexity index is 806. The molecule has 132 valence electrons. The molecule has 2 aromatic rings. The lowest BCUT2D eigenvalue weighted by molar-refractivity contribution is 0.00578. The predicted molar refractivity (Wildman–Crippen MR) is 99.5 cm³/mol. The summed E-state index contributed by atoms with van der Waals surface area (Å²) in [6.07, 6.45) is 0. The van der Waals surface area contributed by atoms with Gasteiger partial charge < -0.3 is 18.8 Å². The SMILES string of the molecule is [2H]C([2H])([2H])Oc1ccc(B2OC(C)(C)C(C)(C)O2)c(OCc2ccccc2)c1. The first-order chi connectivity index (χ1) is 13.0. The third-order valence-corrected chi connectivity index (χ3v) is 4.85. The Morgan fingerprint density at radius 3 is 2.32 bits per heavy atom. The highest BCUT2D eigenvalue weighted by Gasteiger charge is 2.52. The molecule has 0 saturated carbocycles. The van der Waals surface area contributed by atoms with Crippen molar-refractivity contribution in [3.8, 4) is 11.5 Å². The molecule has 25 heavy (non-hydrogen) atoms. The van der Waals surface area contributed by atoms with Gasteiger partial charge in [0.2, 0.25) is 0 Å². The van der Waals surface area contributed by atoms with E-state index in [2.05, 4.69) is 0 Å². The van der Waals surface area contributed by atoms with Gasteiger partial charge in [0, 0.05) is 11.5 Å². The van der Waals surface area contributed by atoms with E-state index in [1.165, 1.54) is 0 Å². The highest BCUT2D eigenvalue weighted by atomic mass is 16.7. The maximum atomic E-state index is 7.32. The fourth-order valence-electron chi connectivity index (χ4n) is 2.60. The number of benzene rings is 2. The summed E-state index contributed by atoms with van der Waals surface area (Å²) in [6.45, 7) is 8.23. The average Bonchev–Trinajstić information content (AvgIpc) is 2.80. The number of hydrogen-bond donors (Lipinski definition) is 0. The van der Waals surface area contributed by atoms with Crippen LogP contribution in [-0.2, 0) is 15.9 Å². The summed E-state index contributed by atoms with van der Waals surface area (Å²) in [5.41, 5.74) is 0.682. The summed E-state index contributed by atoms with van der Waals surface area (Å²) in [5, 5.41) is 0. The molecule has 0 aromatic heterocycles. The molecule has 0 atom stereocenters. The van der Waals surface area contributed by atoms with E-state index in [1.807, 2.05) is 58.0 Å². The van der Waals surface area contributed by atoms with Crippen molar-refractivity contribution >= 4 is 12.6 Å². The minimum absolute atomic E-state index is 0.198. The van der Waals surface area contributed by atoms with Crippen molar-refractivity contribution in [2.45, 2.75) is 45.5 Å². The molecule has 0 spiro atoms. The van der Waals surface area contributed by atoms with Gasteiger partial charge in [-0.1, -0.05) is 36.4 Å². The van der Waals surface area contributed by atoms with Crippen LogP contribution in [0.3, 0.4) is 0 Å². The minimum Gasteiger partial charge on any atom is -0.497 e. The molecule has 4 nitrogen and oxygen atoms in total. The Morgan fingerprint density at radius 2 is 1.68 bits per heavy atom. The van der Waals surface area contributed by atoms with Crippen molar-refractivity contribution in [3.05, 3.63) is 54.1 Å². The fourth-order valence-corrected chi connectivity index (χ4v) is 2.60. The van der Waals surface area contributed by atoms with Crippen molar-refractivity contribution in [2.75, 3.05) is 7.04 Å². The van der Waals surface area contributed by atoms with Gasteiger partial charge in [0.15, 0.2) is 0 Å². The van der Waals surface area contributed by atoms with Crippen LogP contribution in [0.5, 0.6) is 11.5 Å². The zero-order valence-corrected chi connectivity index (χ0v) is 15.0. The van der Waals surface area contributed by atoms with Gasteiger partial charge in [-0.15, -0.1) is 0 Å². The molecule has 0 N–H and O–H groups in total. The topological polar surface area (TPSA) is 36.9 Å². The summed E-state index contributed by atoms with van der Waals surface area (Å²) in [4.78, 5) is 0. The van der Waals surface area contributed by atoms with Crippen molar-refractivity contribution in [1.82, 2.24) is 0 Å². The second kappa shape index (κ2) is 6.73. The van der Waals surface area contributed by atoms with Crippen molar-refractivity contribution in [3.63, 3.8) is 0 Å². The van der Waals surface area contributed by atoms with Crippen LogP contribution in [0, 0.1) is 0 Å². The summed E-state index contributed by atoms with van der Waals surface area (Å²) in [5.74, 6) is 0.660. The van der Waals surface area contributed by atoms with E-state index in [9.17, 15) is 0 Å². The van der Waals surface area contributed by atoms with Gasteiger partial charge in [-0.3, -0.25) is 0 Å². The van der Waals surface area contributed by atoms with E-state index in [1.54, 1.807) is 18.2 Å². The molecule has 1 heterocycles. The summed E-state index contributed by atoms with van der Waals surface area (Å²) < 4.78 is 45.3. The second-order valence-corrected chi connectivity index (χ2v) is 7.16. The molecule has 0 radical (unpaired) electrons. The van der Waals surface area contributed by atoms with Gasteiger partial charge >= 0.3 is 7.12 Å². The molecule has 0 bridgehead atoms. The van der Waals surface area contributed by atoms with Gasteiger partial charge in [-0.25, -0.2) is 0 Å². The van der Waals surface area contributed by atoms with Gasteiger partial charge in [0.25, 0.3) is 0 Å². The van der Waals surface area contributed by atoms with Crippen LogP contribution in [0.25, 0.3) is 0 Å². The molecule has 1 fully saturated rings. The molecular formula is C20H25BO4. The molecule has 5 heteroatoms. The van der Waals surface area contributed by atoms with Gasteiger partial charge in [-0.2, -0.15) is 0 Å². The largest absolute Gasteiger partial charge is 0.498 e. The Labute approximate surface area is 154 Å². The van der Waals surface area contributed by atoms with Crippen LogP contribution in [0.2, 0.25) is 0 Å². The summed E-state index contributed by atoms with van der Waals surface area (Å²) in [7, 11) is -3.17. The molecule has 0 aliphatic carbocycles. The third kappa shape index (κ3) is 3.67. The lowest BCUT2D eigenvalue weighted by Crippen LogP contribution is -2.41. The Kier molecular flexibility index (Phi) is 3.83. The highest BCUT2D eigenvalue weighted by Crippen LogP contribution is 2.37. The molecule has 0 amide bonds. The molecular weight excluding hydrogens is 315 g/mol. The van der Waals surface area contributed by atoms with Crippen LogP contribution < -0.4 is 14.9 Å². The van der Waals surface area contributed by atoms with Crippen LogP contribution in [0.4, 0.5) is 0 Å². The quantitative estimate of drug-likeness (QED) is 0.778. The van der Waals surface area contributed by atoms with E-state index < -0.39 is 25.4 Å². The maximum Gasteiger partial charge on any atom is 0.498 e. The smallest absolute Gasteiger partial charge is 0.497 e. The number of methoxy groups -OCH3 is 1. The van der Waals surface area contributed by atoms with Crippen LogP contribution in [0.15, 0.2) is 48.5 Å². The number of ether oxygens (including phenoxy) is 2. The Hall–Kier alpha value is -1.98. The molecule has 1 saturated heterocycles. The normalized spacial score (nSPS) is 20.5. The van der Waals surface area contributed by atoms with E-state index >= 15 is 0 Å². The fraction of sp³-hybridized carbons (Fsp3) is 0.400. The second-order valence-electron chi connectivity index (χ2n) is 7.16. The molecule has 1 aliphatic rings. The predicted octanol–water partition coefficient (Wildman–Crippen LogP) is 3.57. The standard InChI is InChI=1S/C20H25BO4/c1-19(2)20(3,4)25-21(24-19)17-12-11-16(22-5)13-18(17)23-14-15-9-7-6-8-10-15/h6-13H,14H2,1-5H3/i5D3. The molecule has 0 unspecified atom stereocenters. The van der Waals surface area contributed by atoms with Crippen LogP contribution in [0.1, 0.15) is 37.4 Å². The monoisotopic (exact) mass is 343 g/mol. The van der Waals surface area contributed by atoms with Crippen LogP contribution >= 0.6 is 0 Å². The lowest BCUT2D eigenvalue weighted by atomic mass is 9.78. The summed E-state index contributed by atoms with van der Waals surface area (Å²) in [6, 6.07) is 14.6. The highest BCUT2D eigenvalue weighted by molar-refractivity contribution is 6.63. The minimum atomic E-state index is -2.54. The number of hydrogen-bond acceptors (Lipinski definition) is 4. The first-order valence-electron chi connectivity index (χ1n) is 9.82. The summed E-state index contributed by atoms with van der Waals surface area (Å²) >= 11 is 0. The Balaban J connectivity index is 1.90. The third-order valence-electron chi connectivity index (χ3n) is 4.85. The van der Waals surface area contributed by atoms with E-state index in [0.717, 1.165) is 5.56 Å². The van der Waals surface area contributed by atoms with Crippen molar-refractivity contribution < 1.29 is 22.9 Å². The zero-order chi connectivity index (χ0) is 20.6. The van der Waals surface area contributed by atoms with Crippen molar-refractivity contribution in [2.24, 2.45) is 0 Å². The molecule has 1 aliphatic heterocycles. The van der Waals surface area contributed by atoms with Gasteiger partial charge in [-0.05, 0) is 39.3 Å². The number of rotatable bonds is 5. The van der Waals surface area contributed by atoms with E-state index in [-0.39, 0.29) is 5.75 Å². The van der Waals surface area contributed by atoms with Crippen LogP contribution in [-0.4, -0.2) is 25.4 Å². The first-order valence-corrected chi connectivity index (χ1v) is 8.32. The average molecular weight is 343 g/mol. The van der Waals surface area contributed by atoms with E-state index in [4.69, 9.17) is 22.9 Å². The van der Waals surface area contributed by atoms with Gasteiger partial charge in [0.05, 0.1) is 22.4 Å². The van der Waals surface area contributed by atoms with Crippen molar-refractivity contribution in [1.29, 1.82) is 0 Å². The molecule has 3 rings (SSSR count).